The number of benzene rings is 1. The molecule has 0 radical (unpaired) electrons. The first-order chi connectivity index (χ1) is 14.2. The number of rotatable bonds is 7. The fourth-order valence-corrected chi connectivity index (χ4v) is 4.56. The zero-order valence-corrected chi connectivity index (χ0v) is 19.0. The second kappa shape index (κ2) is 10.1. The number of anilines is 1. The van der Waals surface area contributed by atoms with Crippen LogP contribution in [0.15, 0.2) is 35.7 Å². The molecule has 4 rings (SSSR count). The van der Waals surface area contributed by atoms with Crippen LogP contribution in [0, 0.1) is 0 Å². The second-order valence-corrected chi connectivity index (χ2v) is 8.16. The molecule has 1 N–H and O–H groups in total. The number of aryl methyl sites for hydroxylation is 1. The molecule has 3 aromatic rings. The number of hydrogen-bond acceptors (Lipinski definition) is 6. The van der Waals surface area contributed by atoms with Crippen molar-refractivity contribution in [2.75, 3.05) is 51.3 Å². The maximum absolute atomic E-state index is 11.6. The molecule has 30 heavy (non-hydrogen) atoms. The van der Waals surface area contributed by atoms with E-state index < -0.39 is 0 Å². The third-order valence-corrected chi connectivity index (χ3v) is 6.23. The van der Waals surface area contributed by atoms with Crippen LogP contribution in [-0.4, -0.2) is 67.0 Å². The van der Waals surface area contributed by atoms with Crippen LogP contribution in [0.2, 0.25) is 0 Å². The molecule has 1 aliphatic heterocycles. The minimum absolute atomic E-state index is 0. The summed E-state index contributed by atoms with van der Waals surface area (Å²) < 4.78 is 8.78. The number of piperazine rings is 1. The van der Waals surface area contributed by atoms with Crippen molar-refractivity contribution >= 4 is 45.4 Å². The number of fused-ring (bicyclic) bond motifs is 1. The van der Waals surface area contributed by atoms with E-state index in [1.54, 1.807) is 36.2 Å². The largest absolute Gasteiger partial charge is 0.478 e. The highest BCUT2D eigenvalue weighted by molar-refractivity contribution is 7.17. The molecule has 9 heteroatoms. The molecule has 2 aromatic heterocycles. The van der Waals surface area contributed by atoms with Crippen LogP contribution in [-0.2, 0) is 7.05 Å². The number of nitrogens with zero attached hydrogens (tertiary/aromatic N) is 4. The standard InChI is InChI=1S/C21H27N5O2S.ClH/c1-22-21(27)17-15-20(24(2)23-17)28-13-4-8-25-9-11-26(12-10-25)18-5-3-6-19-16(18)7-14-29-19;/h3,5-7,14-15H,4,8-13H2,1-2H3,(H,22,27);1H. The summed E-state index contributed by atoms with van der Waals surface area (Å²) in [6.07, 6.45) is 0.945. The molecule has 1 fully saturated rings. The van der Waals surface area contributed by atoms with E-state index in [9.17, 15) is 4.79 Å². The van der Waals surface area contributed by atoms with Gasteiger partial charge in [0, 0.05) is 68.7 Å². The highest BCUT2D eigenvalue weighted by atomic mass is 35.5. The Hall–Kier alpha value is -2.29. The molecule has 1 saturated heterocycles. The number of amides is 1. The first kappa shape index (κ1) is 22.4. The highest BCUT2D eigenvalue weighted by Gasteiger charge is 2.19. The third kappa shape index (κ3) is 4.88. The molecule has 162 valence electrons. The number of halogens is 1. The Labute approximate surface area is 187 Å². The van der Waals surface area contributed by atoms with Gasteiger partial charge in [0.05, 0.1) is 6.61 Å². The van der Waals surface area contributed by atoms with Crippen LogP contribution in [0.4, 0.5) is 5.69 Å². The molecule has 3 heterocycles. The van der Waals surface area contributed by atoms with Crippen LogP contribution >= 0.6 is 23.7 Å². The van der Waals surface area contributed by atoms with Crippen LogP contribution < -0.4 is 15.0 Å². The van der Waals surface area contributed by atoms with Gasteiger partial charge in [-0.05, 0) is 30.0 Å². The fraction of sp³-hybridized carbons (Fsp3) is 0.429. The predicted octanol–water partition coefficient (Wildman–Crippen LogP) is 3.01. The summed E-state index contributed by atoms with van der Waals surface area (Å²) >= 11 is 1.80. The maximum atomic E-state index is 11.6. The van der Waals surface area contributed by atoms with E-state index in [2.05, 4.69) is 49.9 Å². The summed E-state index contributed by atoms with van der Waals surface area (Å²) in [5.74, 6) is 0.420. The summed E-state index contributed by atoms with van der Waals surface area (Å²) in [5.41, 5.74) is 1.73. The van der Waals surface area contributed by atoms with Crippen molar-refractivity contribution in [2.45, 2.75) is 6.42 Å². The molecule has 1 aliphatic rings. The normalized spacial score (nSPS) is 14.5. The first-order valence-corrected chi connectivity index (χ1v) is 10.9. The van der Waals surface area contributed by atoms with Gasteiger partial charge in [-0.1, -0.05) is 6.07 Å². The number of thiophene rings is 1. The predicted molar refractivity (Wildman–Crippen MR) is 124 cm³/mol. The van der Waals surface area contributed by atoms with E-state index in [0.29, 0.717) is 18.2 Å². The van der Waals surface area contributed by atoms with Crippen molar-refractivity contribution in [3.8, 4) is 5.88 Å². The number of hydrogen-bond donors (Lipinski definition) is 1. The Morgan fingerprint density at radius 1 is 1.23 bits per heavy atom. The van der Waals surface area contributed by atoms with Crippen LogP contribution in [0.3, 0.4) is 0 Å². The van der Waals surface area contributed by atoms with Crippen molar-refractivity contribution < 1.29 is 9.53 Å². The molecule has 0 spiro atoms. The maximum Gasteiger partial charge on any atom is 0.271 e. The van der Waals surface area contributed by atoms with Crippen molar-refractivity contribution in [2.24, 2.45) is 7.05 Å². The summed E-state index contributed by atoms with van der Waals surface area (Å²) in [6.45, 7) is 5.85. The summed E-state index contributed by atoms with van der Waals surface area (Å²) in [7, 11) is 3.38. The quantitative estimate of drug-likeness (QED) is 0.562. The Kier molecular flexibility index (Phi) is 7.58. The van der Waals surface area contributed by atoms with E-state index in [1.807, 2.05) is 0 Å². The first-order valence-electron chi connectivity index (χ1n) is 9.98. The average molecular weight is 450 g/mol. The average Bonchev–Trinajstić information content (AvgIpc) is 3.37. The number of ether oxygens (including phenoxy) is 1. The molecule has 1 amide bonds. The highest BCUT2D eigenvalue weighted by Crippen LogP contribution is 2.31. The molecule has 0 atom stereocenters. The van der Waals surface area contributed by atoms with Gasteiger partial charge in [-0.3, -0.25) is 9.69 Å². The van der Waals surface area contributed by atoms with Crippen molar-refractivity contribution in [3.05, 3.63) is 41.4 Å². The molecule has 0 aliphatic carbocycles. The SMILES string of the molecule is CNC(=O)c1cc(OCCCN2CCN(c3cccc4sccc34)CC2)n(C)n1.Cl. The molecule has 1 aromatic carbocycles. The third-order valence-electron chi connectivity index (χ3n) is 5.35. The number of nitrogens with one attached hydrogen (secondary N) is 1. The van der Waals surface area contributed by atoms with Gasteiger partial charge in [-0.2, -0.15) is 5.10 Å². The molecular formula is C21H28ClN5O2S. The van der Waals surface area contributed by atoms with Crippen LogP contribution in [0.1, 0.15) is 16.9 Å². The lowest BCUT2D eigenvalue weighted by molar-refractivity contribution is 0.0957. The van der Waals surface area contributed by atoms with Gasteiger partial charge in [0.25, 0.3) is 5.91 Å². The fourth-order valence-electron chi connectivity index (χ4n) is 3.76. The zero-order valence-electron chi connectivity index (χ0n) is 17.3. The van der Waals surface area contributed by atoms with Gasteiger partial charge >= 0.3 is 0 Å². The monoisotopic (exact) mass is 449 g/mol. The van der Waals surface area contributed by atoms with E-state index in [1.165, 1.54) is 15.8 Å². The Balaban J connectivity index is 0.00000256. The molecule has 0 saturated carbocycles. The van der Waals surface area contributed by atoms with Gasteiger partial charge < -0.3 is 15.0 Å². The number of carbonyl (C=O) groups is 1. The topological polar surface area (TPSA) is 62.6 Å². The van der Waals surface area contributed by atoms with E-state index in [4.69, 9.17) is 4.74 Å². The molecule has 0 bridgehead atoms. The number of aromatic nitrogens is 2. The summed E-state index contributed by atoms with van der Waals surface area (Å²) in [4.78, 5) is 16.6. The second-order valence-electron chi connectivity index (χ2n) is 7.21. The Morgan fingerprint density at radius 3 is 2.80 bits per heavy atom. The lowest BCUT2D eigenvalue weighted by Gasteiger charge is -2.36. The van der Waals surface area contributed by atoms with Crippen molar-refractivity contribution in [1.29, 1.82) is 0 Å². The lowest BCUT2D eigenvalue weighted by atomic mass is 10.2. The minimum atomic E-state index is -0.202. The van der Waals surface area contributed by atoms with Crippen LogP contribution in [0.5, 0.6) is 5.88 Å². The van der Waals surface area contributed by atoms with E-state index >= 15 is 0 Å². The van der Waals surface area contributed by atoms with Crippen molar-refractivity contribution in [3.63, 3.8) is 0 Å². The molecular weight excluding hydrogens is 422 g/mol. The molecule has 0 unspecified atom stereocenters. The van der Waals surface area contributed by atoms with Gasteiger partial charge in [-0.15, -0.1) is 23.7 Å². The van der Waals surface area contributed by atoms with Gasteiger partial charge in [-0.25, -0.2) is 4.68 Å². The van der Waals surface area contributed by atoms with Crippen LogP contribution in [0.25, 0.3) is 10.1 Å². The lowest BCUT2D eigenvalue weighted by Crippen LogP contribution is -2.46. The van der Waals surface area contributed by atoms with E-state index in [-0.39, 0.29) is 18.3 Å². The van der Waals surface area contributed by atoms with Gasteiger partial charge in [0.15, 0.2) is 5.69 Å². The molecule has 7 nitrogen and oxygen atoms in total. The smallest absolute Gasteiger partial charge is 0.271 e. The zero-order chi connectivity index (χ0) is 20.2. The van der Waals surface area contributed by atoms with E-state index in [0.717, 1.165) is 39.1 Å². The van der Waals surface area contributed by atoms with Gasteiger partial charge in [0.1, 0.15) is 0 Å². The Morgan fingerprint density at radius 2 is 2.03 bits per heavy atom. The Bertz CT molecular complexity index is 981. The van der Waals surface area contributed by atoms with Gasteiger partial charge in [0.2, 0.25) is 5.88 Å². The summed E-state index contributed by atoms with van der Waals surface area (Å²) in [6, 6.07) is 10.5. The summed E-state index contributed by atoms with van der Waals surface area (Å²) in [5, 5.41) is 10.3. The number of carbonyl (C=O) groups excluding carboxylic acids is 1. The van der Waals surface area contributed by atoms with Crippen molar-refractivity contribution in [1.82, 2.24) is 20.0 Å². The minimum Gasteiger partial charge on any atom is -0.478 e.